The van der Waals surface area contributed by atoms with E-state index in [2.05, 4.69) is 15.7 Å². The first kappa shape index (κ1) is 19.8. The fraction of sp³-hybridized carbons (Fsp3) is 0.526. The van der Waals surface area contributed by atoms with Gasteiger partial charge in [0.1, 0.15) is 5.00 Å². The lowest BCUT2D eigenvalue weighted by Crippen LogP contribution is -2.28. The summed E-state index contributed by atoms with van der Waals surface area (Å²) in [6, 6.07) is 0. The molecule has 0 saturated heterocycles. The number of thiocarbonyl (C=S) groups is 1. The Kier molecular flexibility index (Phi) is 6.84. The van der Waals surface area contributed by atoms with Gasteiger partial charge in [0.05, 0.1) is 18.9 Å². The van der Waals surface area contributed by atoms with E-state index in [1.54, 1.807) is 11.3 Å². The van der Waals surface area contributed by atoms with Gasteiger partial charge in [0.2, 0.25) is 0 Å². The second kappa shape index (κ2) is 9.32. The highest BCUT2D eigenvalue weighted by Crippen LogP contribution is 2.37. The smallest absolute Gasteiger partial charge is 0.341 e. The summed E-state index contributed by atoms with van der Waals surface area (Å²) in [7, 11) is 1.43. The molecule has 2 N–H and O–H groups in total. The molecule has 0 aliphatic heterocycles. The number of ether oxygens (including phenoxy) is 1. The normalized spacial score (nSPS) is 14.0. The monoisotopic (exact) mass is 406 g/mol. The molecule has 146 valence electrons. The SMILES string of the molecule is CCn1cc(CNC(=S)Nc2sc3c(c2C(=O)OC)CCCCCC3)cn1. The highest BCUT2D eigenvalue weighted by atomic mass is 32.1. The minimum absolute atomic E-state index is 0.289. The Morgan fingerprint density at radius 3 is 2.81 bits per heavy atom. The van der Waals surface area contributed by atoms with E-state index in [1.165, 1.54) is 24.8 Å². The van der Waals surface area contributed by atoms with Gasteiger partial charge in [0, 0.05) is 29.7 Å². The average Bonchev–Trinajstić information content (AvgIpc) is 3.24. The Hall–Kier alpha value is -1.93. The molecule has 0 unspecified atom stereocenters. The van der Waals surface area contributed by atoms with Crippen LogP contribution in [0.15, 0.2) is 12.4 Å². The van der Waals surface area contributed by atoms with E-state index in [9.17, 15) is 4.79 Å². The predicted molar refractivity (Wildman–Crippen MR) is 112 cm³/mol. The number of aryl methyl sites for hydroxylation is 2. The molecule has 3 rings (SSSR count). The van der Waals surface area contributed by atoms with E-state index in [1.807, 2.05) is 24.0 Å². The molecule has 2 aromatic rings. The number of esters is 1. The summed E-state index contributed by atoms with van der Waals surface area (Å²) in [5.41, 5.74) is 2.86. The molecule has 1 aliphatic rings. The Bertz CT molecular complexity index is 813. The zero-order chi connectivity index (χ0) is 19.2. The van der Waals surface area contributed by atoms with Crippen molar-refractivity contribution in [2.45, 2.75) is 58.5 Å². The zero-order valence-corrected chi connectivity index (χ0v) is 17.5. The molecule has 0 atom stereocenters. The summed E-state index contributed by atoms with van der Waals surface area (Å²) in [6.45, 7) is 3.48. The largest absolute Gasteiger partial charge is 0.465 e. The van der Waals surface area contributed by atoms with Crippen LogP contribution < -0.4 is 10.6 Å². The Balaban J connectivity index is 1.73. The van der Waals surface area contributed by atoms with Crippen LogP contribution in [0.5, 0.6) is 0 Å². The van der Waals surface area contributed by atoms with Gasteiger partial charge in [0.15, 0.2) is 5.11 Å². The van der Waals surface area contributed by atoms with Crippen molar-refractivity contribution < 1.29 is 9.53 Å². The molecule has 0 spiro atoms. The number of anilines is 1. The van der Waals surface area contributed by atoms with Crippen molar-refractivity contribution in [2.75, 3.05) is 12.4 Å². The summed E-state index contributed by atoms with van der Waals surface area (Å²) < 4.78 is 6.93. The molecule has 0 amide bonds. The van der Waals surface area contributed by atoms with Crippen molar-refractivity contribution in [2.24, 2.45) is 0 Å². The summed E-state index contributed by atoms with van der Waals surface area (Å²) in [5, 5.41) is 12.0. The lowest BCUT2D eigenvalue weighted by Gasteiger charge is -2.12. The lowest BCUT2D eigenvalue weighted by molar-refractivity contribution is 0.0601. The summed E-state index contributed by atoms with van der Waals surface area (Å²) >= 11 is 7.08. The summed E-state index contributed by atoms with van der Waals surface area (Å²) in [6.07, 6.45) is 10.5. The summed E-state index contributed by atoms with van der Waals surface area (Å²) in [5.74, 6) is -0.289. The first-order chi connectivity index (χ1) is 13.1. The third-order valence-corrected chi connectivity index (χ3v) is 6.21. The number of aromatic nitrogens is 2. The van der Waals surface area contributed by atoms with Gasteiger partial charge in [-0.25, -0.2) is 4.79 Å². The van der Waals surface area contributed by atoms with Gasteiger partial charge in [-0.05, 0) is 50.4 Å². The number of carbonyl (C=O) groups excluding carboxylic acids is 1. The first-order valence-corrected chi connectivity index (χ1v) is 10.6. The van der Waals surface area contributed by atoms with Crippen LogP contribution >= 0.6 is 23.6 Å². The molecule has 1 aliphatic carbocycles. The van der Waals surface area contributed by atoms with Crippen LogP contribution in [0.1, 0.15) is 59.0 Å². The van der Waals surface area contributed by atoms with Crippen molar-refractivity contribution in [3.8, 4) is 0 Å². The minimum atomic E-state index is -0.289. The highest BCUT2D eigenvalue weighted by molar-refractivity contribution is 7.80. The van der Waals surface area contributed by atoms with Crippen LogP contribution in [-0.4, -0.2) is 28.0 Å². The van der Waals surface area contributed by atoms with Gasteiger partial charge in [-0.2, -0.15) is 5.10 Å². The standard InChI is InChI=1S/C19H26N4O2S2/c1-3-23-12-13(11-21-23)10-20-19(26)22-17-16(18(24)25-2)14-8-6-4-5-7-9-15(14)27-17/h11-12H,3-10H2,1-2H3,(H2,20,22,26). The maximum atomic E-state index is 12.4. The van der Waals surface area contributed by atoms with E-state index in [-0.39, 0.29) is 5.97 Å². The van der Waals surface area contributed by atoms with E-state index in [0.29, 0.717) is 17.2 Å². The lowest BCUT2D eigenvalue weighted by atomic mass is 9.96. The second-order valence-corrected chi connectivity index (χ2v) is 8.14. The van der Waals surface area contributed by atoms with Gasteiger partial charge in [-0.3, -0.25) is 4.68 Å². The number of nitrogens with zero attached hydrogens (tertiary/aromatic N) is 2. The van der Waals surface area contributed by atoms with Gasteiger partial charge >= 0.3 is 5.97 Å². The maximum absolute atomic E-state index is 12.4. The third kappa shape index (κ3) is 4.87. The van der Waals surface area contributed by atoms with E-state index in [0.717, 1.165) is 48.4 Å². The molecule has 0 saturated carbocycles. The Morgan fingerprint density at radius 1 is 1.33 bits per heavy atom. The average molecular weight is 407 g/mol. The predicted octanol–water partition coefficient (Wildman–Crippen LogP) is 3.90. The van der Waals surface area contributed by atoms with Crippen molar-refractivity contribution in [3.05, 3.63) is 34.0 Å². The second-order valence-electron chi connectivity index (χ2n) is 6.63. The van der Waals surface area contributed by atoms with Crippen LogP contribution in [-0.2, 0) is 30.7 Å². The molecular formula is C19H26N4O2S2. The van der Waals surface area contributed by atoms with Gasteiger partial charge in [-0.1, -0.05) is 12.8 Å². The molecule has 6 nitrogen and oxygen atoms in total. The topological polar surface area (TPSA) is 68.2 Å². The van der Waals surface area contributed by atoms with Crippen LogP contribution in [0.25, 0.3) is 0 Å². The number of methoxy groups -OCH3 is 1. The fourth-order valence-corrected chi connectivity index (χ4v) is 4.85. The van der Waals surface area contributed by atoms with Crippen LogP contribution in [0, 0.1) is 0 Å². The zero-order valence-electron chi connectivity index (χ0n) is 15.8. The highest BCUT2D eigenvalue weighted by Gasteiger charge is 2.25. The molecule has 0 bridgehead atoms. The number of hydrogen-bond acceptors (Lipinski definition) is 5. The number of hydrogen-bond donors (Lipinski definition) is 2. The molecule has 2 aromatic heterocycles. The van der Waals surface area contributed by atoms with E-state index < -0.39 is 0 Å². The van der Waals surface area contributed by atoms with Crippen LogP contribution in [0.4, 0.5) is 5.00 Å². The molecule has 2 heterocycles. The molecule has 0 fully saturated rings. The number of rotatable bonds is 5. The molecular weight excluding hydrogens is 380 g/mol. The number of carbonyl (C=O) groups is 1. The van der Waals surface area contributed by atoms with Crippen molar-refractivity contribution >= 4 is 39.6 Å². The quantitative estimate of drug-likeness (QED) is 0.580. The van der Waals surface area contributed by atoms with E-state index in [4.69, 9.17) is 17.0 Å². The van der Waals surface area contributed by atoms with Gasteiger partial charge in [-0.15, -0.1) is 11.3 Å². The molecule has 0 aromatic carbocycles. The number of nitrogens with one attached hydrogen (secondary N) is 2. The van der Waals surface area contributed by atoms with Gasteiger partial charge in [0.25, 0.3) is 0 Å². The number of thiophene rings is 1. The fourth-order valence-electron chi connectivity index (χ4n) is 3.33. The van der Waals surface area contributed by atoms with Crippen molar-refractivity contribution in [1.82, 2.24) is 15.1 Å². The first-order valence-electron chi connectivity index (χ1n) is 9.41. The van der Waals surface area contributed by atoms with Crippen molar-refractivity contribution in [1.29, 1.82) is 0 Å². The molecule has 0 radical (unpaired) electrons. The van der Waals surface area contributed by atoms with Crippen LogP contribution in [0.2, 0.25) is 0 Å². The van der Waals surface area contributed by atoms with Crippen LogP contribution in [0.3, 0.4) is 0 Å². The Labute approximate surface area is 169 Å². The third-order valence-electron chi connectivity index (χ3n) is 4.75. The maximum Gasteiger partial charge on any atom is 0.341 e. The van der Waals surface area contributed by atoms with Crippen molar-refractivity contribution in [3.63, 3.8) is 0 Å². The number of fused-ring (bicyclic) bond motifs is 1. The van der Waals surface area contributed by atoms with Gasteiger partial charge < -0.3 is 15.4 Å². The molecule has 27 heavy (non-hydrogen) atoms. The molecule has 8 heteroatoms. The summed E-state index contributed by atoms with van der Waals surface area (Å²) in [4.78, 5) is 13.7. The minimum Gasteiger partial charge on any atom is -0.465 e. The Morgan fingerprint density at radius 2 is 2.11 bits per heavy atom. The van der Waals surface area contributed by atoms with E-state index >= 15 is 0 Å².